The van der Waals surface area contributed by atoms with Crippen LogP contribution in [0.2, 0.25) is 5.02 Å². The van der Waals surface area contributed by atoms with Crippen LogP contribution in [-0.4, -0.2) is 25.2 Å². The Balaban J connectivity index is 2.10. The first kappa shape index (κ1) is 10.3. The molecule has 0 atom stereocenters. The second-order valence-electron chi connectivity index (χ2n) is 3.48. The second-order valence-corrected chi connectivity index (χ2v) is 3.92. The van der Waals surface area contributed by atoms with Gasteiger partial charge < -0.3 is 15.8 Å². The molecule has 1 aliphatic rings. The smallest absolute Gasteiger partial charge is 0.251 e. The molecule has 0 spiro atoms. The Morgan fingerprint density at radius 2 is 2.20 bits per heavy atom. The number of carbonyl (C=O) groups is 1. The number of benzene rings is 1. The van der Waals surface area contributed by atoms with E-state index in [9.17, 15) is 4.79 Å². The van der Waals surface area contributed by atoms with E-state index in [2.05, 4.69) is 5.32 Å². The van der Waals surface area contributed by atoms with Crippen LogP contribution in [0, 0.1) is 0 Å². The van der Waals surface area contributed by atoms with E-state index in [1.54, 1.807) is 18.2 Å². The maximum atomic E-state index is 11.7. The Labute approximate surface area is 92.4 Å². The Hall–Kier alpha value is -1.26. The lowest BCUT2D eigenvalue weighted by Gasteiger charge is -2.26. The number of hydrogen-bond donors (Lipinski definition) is 2. The summed E-state index contributed by atoms with van der Waals surface area (Å²) in [7, 11) is 0. The highest BCUT2D eigenvalue weighted by Gasteiger charge is 2.21. The Bertz CT molecular complexity index is 371. The third-order valence-electron chi connectivity index (χ3n) is 2.16. The Morgan fingerprint density at radius 3 is 2.73 bits per heavy atom. The lowest BCUT2D eigenvalue weighted by atomic mass is 10.1. The van der Waals surface area contributed by atoms with Crippen LogP contribution >= 0.6 is 11.6 Å². The lowest BCUT2D eigenvalue weighted by molar-refractivity contribution is -0.00346. The number of hydrogen-bond acceptors (Lipinski definition) is 3. The minimum Gasteiger partial charge on any atom is -0.399 e. The van der Waals surface area contributed by atoms with E-state index >= 15 is 0 Å². The highest BCUT2D eigenvalue weighted by molar-refractivity contribution is 6.31. The quantitative estimate of drug-likeness (QED) is 0.741. The normalized spacial score (nSPS) is 15.8. The number of rotatable bonds is 2. The molecule has 2 rings (SSSR count). The number of amides is 1. The van der Waals surface area contributed by atoms with Gasteiger partial charge in [0, 0.05) is 16.3 Å². The molecule has 15 heavy (non-hydrogen) atoms. The van der Waals surface area contributed by atoms with Gasteiger partial charge in [0.1, 0.15) is 0 Å². The van der Waals surface area contributed by atoms with Gasteiger partial charge in [-0.15, -0.1) is 0 Å². The van der Waals surface area contributed by atoms with E-state index in [1.807, 2.05) is 0 Å². The van der Waals surface area contributed by atoms with Gasteiger partial charge in [0.25, 0.3) is 5.91 Å². The number of nitrogen functional groups attached to an aromatic ring is 1. The van der Waals surface area contributed by atoms with Gasteiger partial charge in [-0.25, -0.2) is 0 Å². The van der Waals surface area contributed by atoms with Crippen LogP contribution in [0.3, 0.4) is 0 Å². The standard InChI is InChI=1S/C10H11ClN2O2/c11-7-1-6(2-8(12)3-7)10(14)13-9-4-15-5-9/h1-3,9H,4-5,12H2,(H,13,14). The molecule has 1 aromatic carbocycles. The molecule has 0 bridgehead atoms. The van der Waals surface area contributed by atoms with Gasteiger partial charge in [0.05, 0.1) is 19.3 Å². The second kappa shape index (κ2) is 4.08. The zero-order valence-electron chi connectivity index (χ0n) is 8.00. The van der Waals surface area contributed by atoms with Crippen molar-refractivity contribution >= 4 is 23.2 Å². The largest absolute Gasteiger partial charge is 0.399 e. The van der Waals surface area contributed by atoms with Gasteiger partial charge in [0.15, 0.2) is 0 Å². The molecule has 0 aliphatic carbocycles. The highest BCUT2D eigenvalue weighted by Crippen LogP contribution is 2.16. The van der Waals surface area contributed by atoms with Gasteiger partial charge in [-0.05, 0) is 18.2 Å². The van der Waals surface area contributed by atoms with Gasteiger partial charge in [-0.1, -0.05) is 11.6 Å². The average molecular weight is 227 g/mol. The van der Waals surface area contributed by atoms with E-state index < -0.39 is 0 Å². The molecule has 0 saturated carbocycles. The fraction of sp³-hybridized carbons (Fsp3) is 0.300. The fourth-order valence-electron chi connectivity index (χ4n) is 1.33. The first-order valence-electron chi connectivity index (χ1n) is 4.60. The van der Waals surface area contributed by atoms with Gasteiger partial charge in [-0.3, -0.25) is 4.79 Å². The van der Waals surface area contributed by atoms with E-state index in [0.29, 0.717) is 29.5 Å². The molecular formula is C10H11ClN2O2. The summed E-state index contributed by atoms with van der Waals surface area (Å²) in [6.45, 7) is 1.14. The lowest BCUT2D eigenvalue weighted by Crippen LogP contribution is -2.48. The van der Waals surface area contributed by atoms with E-state index in [1.165, 1.54) is 0 Å². The van der Waals surface area contributed by atoms with Crippen molar-refractivity contribution in [3.8, 4) is 0 Å². The minimum absolute atomic E-state index is 0.109. The summed E-state index contributed by atoms with van der Waals surface area (Å²) in [5.74, 6) is -0.169. The van der Waals surface area contributed by atoms with Crippen molar-refractivity contribution in [1.82, 2.24) is 5.32 Å². The zero-order valence-corrected chi connectivity index (χ0v) is 8.75. The van der Waals surface area contributed by atoms with E-state index in [4.69, 9.17) is 22.1 Å². The molecule has 1 heterocycles. The van der Waals surface area contributed by atoms with Crippen molar-refractivity contribution in [2.45, 2.75) is 6.04 Å². The summed E-state index contributed by atoms with van der Waals surface area (Å²) in [6, 6.07) is 4.90. The zero-order chi connectivity index (χ0) is 10.8. The SMILES string of the molecule is Nc1cc(Cl)cc(C(=O)NC2COC2)c1. The van der Waals surface area contributed by atoms with Gasteiger partial charge in [-0.2, -0.15) is 0 Å². The van der Waals surface area contributed by atoms with Crippen LogP contribution in [0.4, 0.5) is 5.69 Å². The first-order valence-corrected chi connectivity index (χ1v) is 4.97. The summed E-state index contributed by atoms with van der Waals surface area (Å²) in [4.78, 5) is 11.7. The Morgan fingerprint density at radius 1 is 1.47 bits per heavy atom. The van der Waals surface area contributed by atoms with Crippen molar-refractivity contribution in [1.29, 1.82) is 0 Å². The molecule has 0 unspecified atom stereocenters. The topological polar surface area (TPSA) is 64.4 Å². The molecule has 1 saturated heterocycles. The van der Waals surface area contributed by atoms with Crippen LogP contribution in [0.1, 0.15) is 10.4 Å². The van der Waals surface area contributed by atoms with Crippen LogP contribution in [0.5, 0.6) is 0 Å². The third kappa shape index (κ3) is 2.40. The molecule has 5 heteroatoms. The molecule has 1 amide bonds. The number of anilines is 1. The van der Waals surface area contributed by atoms with Crippen LogP contribution in [0.15, 0.2) is 18.2 Å². The molecule has 1 aliphatic heterocycles. The monoisotopic (exact) mass is 226 g/mol. The van der Waals surface area contributed by atoms with E-state index in [-0.39, 0.29) is 11.9 Å². The number of carbonyl (C=O) groups excluding carboxylic acids is 1. The summed E-state index contributed by atoms with van der Waals surface area (Å²) >= 11 is 5.79. The van der Waals surface area contributed by atoms with Crippen LogP contribution < -0.4 is 11.1 Å². The van der Waals surface area contributed by atoms with Crippen molar-refractivity contribution < 1.29 is 9.53 Å². The van der Waals surface area contributed by atoms with Gasteiger partial charge >= 0.3 is 0 Å². The van der Waals surface area contributed by atoms with Crippen molar-refractivity contribution in [3.05, 3.63) is 28.8 Å². The van der Waals surface area contributed by atoms with Crippen molar-refractivity contribution in [2.24, 2.45) is 0 Å². The molecule has 3 N–H and O–H groups in total. The molecular weight excluding hydrogens is 216 g/mol. The number of nitrogens with one attached hydrogen (secondary N) is 1. The van der Waals surface area contributed by atoms with Crippen molar-refractivity contribution in [2.75, 3.05) is 18.9 Å². The third-order valence-corrected chi connectivity index (χ3v) is 2.37. The number of ether oxygens (including phenoxy) is 1. The predicted molar refractivity (Wildman–Crippen MR) is 57.9 cm³/mol. The molecule has 80 valence electrons. The molecule has 0 aromatic heterocycles. The molecule has 4 nitrogen and oxygen atoms in total. The molecule has 0 radical (unpaired) electrons. The maximum absolute atomic E-state index is 11.7. The summed E-state index contributed by atoms with van der Waals surface area (Å²) < 4.78 is 4.95. The summed E-state index contributed by atoms with van der Waals surface area (Å²) in [6.07, 6.45) is 0. The fourth-order valence-corrected chi connectivity index (χ4v) is 1.57. The number of nitrogens with two attached hydrogens (primary N) is 1. The highest BCUT2D eigenvalue weighted by atomic mass is 35.5. The number of halogens is 1. The van der Waals surface area contributed by atoms with E-state index in [0.717, 1.165) is 0 Å². The molecule has 1 fully saturated rings. The molecule has 1 aromatic rings. The first-order chi connectivity index (χ1) is 7.15. The predicted octanol–water partition coefficient (Wildman–Crippen LogP) is 1.05. The Kier molecular flexibility index (Phi) is 2.79. The summed E-state index contributed by atoms with van der Waals surface area (Å²) in [5, 5.41) is 3.27. The summed E-state index contributed by atoms with van der Waals surface area (Å²) in [5.41, 5.74) is 6.55. The van der Waals surface area contributed by atoms with Crippen LogP contribution in [-0.2, 0) is 4.74 Å². The maximum Gasteiger partial charge on any atom is 0.251 e. The van der Waals surface area contributed by atoms with Crippen molar-refractivity contribution in [3.63, 3.8) is 0 Å². The van der Waals surface area contributed by atoms with Crippen LogP contribution in [0.25, 0.3) is 0 Å². The minimum atomic E-state index is -0.169. The van der Waals surface area contributed by atoms with Gasteiger partial charge in [0.2, 0.25) is 0 Å². The average Bonchev–Trinajstić information content (AvgIpc) is 2.09.